The lowest BCUT2D eigenvalue weighted by molar-refractivity contribution is -0.160. The third kappa shape index (κ3) is 3.02. The van der Waals surface area contributed by atoms with Crippen LogP contribution < -0.4 is 0 Å². The maximum Gasteiger partial charge on any atom is 0.249 e. The minimum Gasteiger partial charge on any atom is -0.384 e. The van der Waals surface area contributed by atoms with Crippen LogP contribution in [0.25, 0.3) is 0 Å². The van der Waals surface area contributed by atoms with Gasteiger partial charge in [-0.05, 0) is 44.9 Å². The zero-order chi connectivity index (χ0) is 14.7. The Morgan fingerprint density at radius 3 is 3.14 bits per heavy atom. The number of methoxy groups -OCH3 is 1. The van der Waals surface area contributed by atoms with Gasteiger partial charge >= 0.3 is 0 Å². The molecule has 0 aromatic carbocycles. The Bertz CT molecular complexity index is 416. The fraction of sp³-hybridized carbons (Fsp3) is 0.824. The molecule has 1 amide bonds. The molecule has 0 unspecified atom stereocenters. The van der Waals surface area contributed by atoms with E-state index in [9.17, 15) is 4.79 Å². The van der Waals surface area contributed by atoms with Gasteiger partial charge in [-0.15, -0.1) is 0 Å². The summed E-state index contributed by atoms with van der Waals surface area (Å²) in [4.78, 5) is 14.8. The zero-order valence-electron chi connectivity index (χ0n) is 13.1. The fourth-order valence-electron chi connectivity index (χ4n) is 4.20. The molecule has 118 valence electrons. The molecule has 2 aliphatic heterocycles. The van der Waals surface area contributed by atoms with E-state index in [1.54, 1.807) is 7.11 Å². The van der Waals surface area contributed by atoms with E-state index in [4.69, 9.17) is 9.47 Å². The molecule has 21 heavy (non-hydrogen) atoms. The van der Waals surface area contributed by atoms with E-state index in [0.717, 1.165) is 63.8 Å². The number of allylic oxidation sites excluding steroid dienone is 1. The zero-order valence-corrected chi connectivity index (χ0v) is 13.1. The first-order chi connectivity index (χ1) is 10.2. The van der Waals surface area contributed by atoms with E-state index in [2.05, 4.69) is 11.0 Å². The Labute approximate surface area is 127 Å². The molecule has 2 atom stereocenters. The summed E-state index contributed by atoms with van der Waals surface area (Å²) in [6.07, 6.45) is 9.92. The Balaban J connectivity index is 1.73. The van der Waals surface area contributed by atoms with Gasteiger partial charge in [-0.2, -0.15) is 0 Å². The topological polar surface area (TPSA) is 38.8 Å². The van der Waals surface area contributed by atoms with Gasteiger partial charge in [-0.1, -0.05) is 6.08 Å². The van der Waals surface area contributed by atoms with Crippen LogP contribution in [-0.4, -0.2) is 50.3 Å². The molecule has 0 N–H and O–H groups in total. The fourth-order valence-corrected chi connectivity index (χ4v) is 4.20. The average molecular weight is 293 g/mol. The lowest BCUT2D eigenvalue weighted by Crippen LogP contribution is -2.58. The van der Waals surface area contributed by atoms with Crippen molar-refractivity contribution in [3.8, 4) is 0 Å². The van der Waals surface area contributed by atoms with E-state index < -0.39 is 0 Å². The third-order valence-electron chi connectivity index (χ3n) is 5.27. The van der Waals surface area contributed by atoms with Crippen molar-refractivity contribution >= 4 is 5.91 Å². The predicted octanol–water partition coefficient (Wildman–Crippen LogP) is 2.53. The van der Waals surface area contributed by atoms with E-state index in [1.165, 1.54) is 6.42 Å². The number of likely N-dealkylation sites (tertiary alicyclic amines) is 1. The number of nitrogens with zero attached hydrogens (tertiary/aromatic N) is 1. The molecule has 2 fully saturated rings. The molecule has 0 bridgehead atoms. The van der Waals surface area contributed by atoms with Crippen LogP contribution in [-0.2, 0) is 14.3 Å². The summed E-state index contributed by atoms with van der Waals surface area (Å²) in [6.45, 7) is 3.17. The van der Waals surface area contributed by atoms with Crippen LogP contribution in [0.4, 0.5) is 0 Å². The van der Waals surface area contributed by atoms with Crippen molar-refractivity contribution < 1.29 is 14.3 Å². The molecule has 0 aromatic rings. The lowest BCUT2D eigenvalue weighted by Gasteiger charge is -2.50. The van der Waals surface area contributed by atoms with Crippen LogP contribution in [0.1, 0.15) is 44.9 Å². The largest absolute Gasteiger partial charge is 0.384 e. The van der Waals surface area contributed by atoms with Crippen LogP contribution in [0.2, 0.25) is 0 Å². The minimum absolute atomic E-state index is 0.0101. The molecule has 0 saturated carbocycles. The van der Waals surface area contributed by atoms with Gasteiger partial charge in [-0.3, -0.25) is 4.79 Å². The summed E-state index contributed by atoms with van der Waals surface area (Å²) in [5.41, 5.74) is 1.04. The van der Waals surface area contributed by atoms with Crippen molar-refractivity contribution in [1.82, 2.24) is 4.90 Å². The molecule has 0 radical (unpaired) electrons. The number of ether oxygens (including phenoxy) is 2. The Kier molecular flexibility index (Phi) is 4.65. The first kappa shape index (κ1) is 15.0. The summed E-state index contributed by atoms with van der Waals surface area (Å²) in [5.74, 6) is 0.259. The highest BCUT2D eigenvalue weighted by molar-refractivity contribution is 5.93. The van der Waals surface area contributed by atoms with Gasteiger partial charge in [-0.25, -0.2) is 0 Å². The van der Waals surface area contributed by atoms with Crippen LogP contribution >= 0.6 is 0 Å². The number of fused-ring (bicyclic) bond motifs is 1. The Hall–Kier alpha value is -0.870. The van der Waals surface area contributed by atoms with Crippen molar-refractivity contribution in [2.45, 2.75) is 51.0 Å². The number of carbonyl (C=O) groups excluding carboxylic acids is 1. The van der Waals surface area contributed by atoms with E-state index in [0.29, 0.717) is 6.61 Å². The smallest absolute Gasteiger partial charge is 0.249 e. The molecular weight excluding hydrogens is 266 g/mol. The van der Waals surface area contributed by atoms with Crippen LogP contribution in [0.5, 0.6) is 0 Å². The second-order valence-electron chi connectivity index (χ2n) is 6.75. The van der Waals surface area contributed by atoms with Crippen molar-refractivity contribution in [2.24, 2.45) is 5.41 Å². The normalized spacial score (nSPS) is 33.3. The molecule has 3 rings (SSSR count). The van der Waals surface area contributed by atoms with Crippen LogP contribution in [0.15, 0.2) is 11.6 Å². The molecule has 3 aliphatic rings. The van der Waals surface area contributed by atoms with Crippen LogP contribution in [0.3, 0.4) is 0 Å². The Morgan fingerprint density at radius 1 is 1.48 bits per heavy atom. The summed E-state index contributed by atoms with van der Waals surface area (Å²) in [6, 6.07) is 0. The number of rotatable bonds is 3. The van der Waals surface area contributed by atoms with Gasteiger partial charge in [0.25, 0.3) is 0 Å². The molecule has 4 heteroatoms. The molecule has 2 saturated heterocycles. The maximum atomic E-state index is 12.8. The molecular formula is C17H27NO3. The highest BCUT2D eigenvalue weighted by atomic mass is 16.5. The van der Waals surface area contributed by atoms with Gasteiger partial charge in [0.2, 0.25) is 5.91 Å². The highest BCUT2D eigenvalue weighted by Crippen LogP contribution is 2.40. The molecule has 2 heterocycles. The number of carbonyl (C=O) groups is 1. The molecule has 0 aromatic heterocycles. The number of amides is 1. The van der Waals surface area contributed by atoms with E-state index in [-0.39, 0.29) is 17.4 Å². The van der Waals surface area contributed by atoms with Gasteiger partial charge in [0, 0.05) is 37.8 Å². The monoisotopic (exact) mass is 293 g/mol. The van der Waals surface area contributed by atoms with Gasteiger partial charge < -0.3 is 14.4 Å². The summed E-state index contributed by atoms with van der Waals surface area (Å²) < 4.78 is 11.5. The van der Waals surface area contributed by atoms with E-state index in [1.807, 2.05) is 0 Å². The van der Waals surface area contributed by atoms with Crippen molar-refractivity contribution in [2.75, 3.05) is 33.4 Å². The van der Waals surface area contributed by atoms with Crippen molar-refractivity contribution in [3.63, 3.8) is 0 Å². The third-order valence-corrected chi connectivity index (χ3v) is 5.27. The standard InChI is InChI=1S/C17H27NO3/c1-20-13-17-9-5-11-21-15(17)8-10-18(12-17)16(19)14-6-3-2-4-7-14/h6,15H,2-5,7-13H2,1H3/t15-,17-/m0/s1. The quantitative estimate of drug-likeness (QED) is 0.802. The summed E-state index contributed by atoms with van der Waals surface area (Å²) in [5, 5.41) is 0. The predicted molar refractivity (Wildman–Crippen MR) is 81.0 cm³/mol. The lowest BCUT2D eigenvalue weighted by atomic mass is 9.73. The van der Waals surface area contributed by atoms with Crippen molar-refractivity contribution in [1.29, 1.82) is 0 Å². The maximum absolute atomic E-state index is 12.8. The van der Waals surface area contributed by atoms with E-state index >= 15 is 0 Å². The van der Waals surface area contributed by atoms with Crippen molar-refractivity contribution in [3.05, 3.63) is 11.6 Å². The van der Waals surface area contributed by atoms with Gasteiger partial charge in [0.1, 0.15) is 0 Å². The second-order valence-corrected chi connectivity index (χ2v) is 6.75. The van der Waals surface area contributed by atoms with Crippen LogP contribution in [0, 0.1) is 5.41 Å². The first-order valence-electron chi connectivity index (χ1n) is 8.34. The molecule has 0 spiro atoms. The SMILES string of the molecule is COC[C@@]12CCCO[C@H]1CCN(C(=O)C1=CCCCC1)C2. The summed E-state index contributed by atoms with van der Waals surface area (Å²) >= 11 is 0. The van der Waals surface area contributed by atoms with Gasteiger partial charge in [0.05, 0.1) is 12.7 Å². The first-order valence-corrected chi connectivity index (χ1v) is 8.34. The number of hydrogen-bond acceptors (Lipinski definition) is 3. The number of piperidine rings is 1. The summed E-state index contributed by atoms with van der Waals surface area (Å²) in [7, 11) is 1.75. The highest BCUT2D eigenvalue weighted by Gasteiger charge is 2.47. The second kappa shape index (κ2) is 6.49. The van der Waals surface area contributed by atoms with Gasteiger partial charge in [0.15, 0.2) is 0 Å². The molecule has 1 aliphatic carbocycles. The average Bonchev–Trinajstić information content (AvgIpc) is 2.54. The molecule has 4 nitrogen and oxygen atoms in total. The number of hydrogen-bond donors (Lipinski definition) is 0. The Morgan fingerprint density at radius 2 is 2.38 bits per heavy atom. The minimum atomic E-state index is 0.0101.